The highest BCUT2D eigenvalue weighted by atomic mass is 79.9. The average Bonchev–Trinajstić information content (AvgIpc) is 2.31. The molecule has 2 N–H and O–H groups in total. The van der Waals surface area contributed by atoms with Crippen LogP contribution in [0.1, 0.15) is 29.3 Å². The summed E-state index contributed by atoms with van der Waals surface area (Å²) in [4.78, 5) is 22.4. The Kier molecular flexibility index (Phi) is 5.82. The van der Waals surface area contributed by atoms with Gasteiger partial charge in [-0.2, -0.15) is 0 Å². The molecular formula is C13H15BrClNO3. The zero-order valence-electron chi connectivity index (χ0n) is 10.7. The molecule has 0 heterocycles. The molecule has 1 aromatic carbocycles. The van der Waals surface area contributed by atoms with Gasteiger partial charge in [-0.1, -0.05) is 18.5 Å². The van der Waals surface area contributed by atoms with E-state index in [0.29, 0.717) is 17.1 Å². The first-order chi connectivity index (χ1) is 8.81. The standard InChI is InChI=1S/C13H15BrClNO3/c1-7(3-11(17)18)6-16-13(19)9-4-8(2)12(14)10(15)5-9/h4-5,7H,3,6H2,1-2H3,(H,16,19)(H,17,18). The highest BCUT2D eigenvalue weighted by Gasteiger charge is 2.13. The summed E-state index contributed by atoms with van der Waals surface area (Å²) < 4.78 is 0.768. The first-order valence-corrected chi connectivity index (χ1v) is 6.94. The van der Waals surface area contributed by atoms with Gasteiger partial charge in [0.15, 0.2) is 0 Å². The van der Waals surface area contributed by atoms with E-state index in [4.69, 9.17) is 16.7 Å². The van der Waals surface area contributed by atoms with Crippen molar-refractivity contribution < 1.29 is 14.7 Å². The fraction of sp³-hybridized carbons (Fsp3) is 0.385. The zero-order chi connectivity index (χ0) is 14.6. The van der Waals surface area contributed by atoms with Crippen molar-refractivity contribution in [3.63, 3.8) is 0 Å². The number of hydrogen-bond acceptors (Lipinski definition) is 2. The number of carboxylic acid groups (broad SMARTS) is 1. The van der Waals surface area contributed by atoms with Crippen molar-refractivity contribution in [1.82, 2.24) is 5.32 Å². The van der Waals surface area contributed by atoms with Crippen molar-refractivity contribution in [3.05, 3.63) is 32.8 Å². The maximum absolute atomic E-state index is 11.9. The van der Waals surface area contributed by atoms with Crippen LogP contribution < -0.4 is 5.32 Å². The Morgan fingerprint density at radius 2 is 2.11 bits per heavy atom. The van der Waals surface area contributed by atoms with Crippen LogP contribution in [-0.2, 0) is 4.79 Å². The quantitative estimate of drug-likeness (QED) is 0.858. The highest BCUT2D eigenvalue weighted by molar-refractivity contribution is 9.10. The Morgan fingerprint density at radius 1 is 1.47 bits per heavy atom. The molecule has 1 unspecified atom stereocenters. The van der Waals surface area contributed by atoms with Crippen molar-refractivity contribution in [2.45, 2.75) is 20.3 Å². The van der Waals surface area contributed by atoms with Crippen LogP contribution in [0.2, 0.25) is 5.02 Å². The van der Waals surface area contributed by atoms with E-state index in [1.54, 1.807) is 19.1 Å². The van der Waals surface area contributed by atoms with Crippen molar-refractivity contribution >= 4 is 39.4 Å². The van der Waals surface area contributed by atoms with E-state index in [0.717, 1.165) is 10.0 Å². The first-order valence-electron chi connectivity index (χ1n) is 5.77. The number of carboxylic acids is 1. The van der Waals surface area contributed by atoms with Gasteiger partial charge in [0, 0.05) is 23.0 Å². The van der Waals surface area contributed by atoms with Crippen molar-refractivity contribution in [3.8, 4) is 0 Å². The number of amides is 1. The number of aliphatic carboxylic acids is 1. The minimum atomic E-state index is -0.871. The second-order valence-corrected chi connectivity index (χ2v) is 5.70. The molecule has 0 fully saturated rings. The lowest BCUT2D eigenvalue weighted by atomic mass is 10.1. The van der Waals surface area contributed by atoms with E-state index in [9.17, 15) is 9.59 Å². The second-order valence-electron chi connectivity index (χ2n) is 4.50. The summed E-state index contributed by atoms with van der Waals surface area (Å²) in [5.41, 5.74) is 1.34. The molecule has 0 spiro atoms. The van der Waals surface area contributed by atoms with E-state index in [1.807, 2.05) is 6.92 Å². The predicted molar refractivity (Wildman–Crippen MR) is 77.6 cm³/mol. The molecule has 6 heteroatoms. The first kappa shape index (κ1) is 16.0. The van der Waals surface area contributed by atoms with Crippen LogP contribution in [0.3, 0.4) is 0 Å². The molecular weight excluding hydrogens is 334 g/mol. The van der Waals surface area contributed by atoms with Crippen molar-refractivity contribution in [1.29, 1.82) is 0 Å². The van der Waals surface area contributed by atoms with E-state index in [2.05, 4.69) is 21.2 Å². The number of aryl methyl sites for hydroxylation is 1. The van der Waals surface area contributed by atoms with Gasteiger partial charge < -0.3 is 10.4 Å². The van der Waals surface area contributed by atoms with Crippen LogP contribution in [0.4, 0.5) is 0 Å². The van der Waals surface area contributed by atoms with E-state index in [1.165, 1.54) is 0 Å². The Labute approximate surface area is 125 Å². The average molecular weight is 349 g/mol. The van der Waals surface area contributed by atoms with Crippen LogP contribution in [0.25, 0.3) is 0 Å². The zero-order valence-corrected chi connectivity index (χ0v) is 13.0. The number of hydrogen-bond donors (Lipinski definition) is 2. The Bertz CT molecular complexity index is 482. The Morgan fingerprint density at radius 3 is 2.63 bits per heavy atom. The van der Waals surface area contributed by atoms with Crippen LogP contribution >= 0.6 is 27.5 Å². The van der Waals surface area contributed by atoms with Crippen LogP contribution in [0.15, 0.2) is 16.6 Å². The molecule has 1 atom stereocenters. The largest absolute Gasteiger partial charge is 0.481 e. The molecule has 0 radical (unpaired) electrons. The number of rotatable bonds is 5. The van der Waals surface area contributed by atoms with Crippen LogP contribution in [0, 0.1) is 12.8 Å². The minimum Gasteiger partial charge on any atom is -0.481 e. The molecule has 1 aromatic rings. The second kappa shape index (κ2) is 6.91. The summed E-state index contributed by atoms with van der Waals surface area (Å²) in [5, 5.41) is 11.8. The molecule has 104 valence electrons. The lowest BCUT2D eigenvalue weighted by molar-refractivity contribution is -0.137. The third kappa shape index (κ3) is 4.84. The third-order valence-corrected chi connectivity index (χ3v) is 4.19. The van der Waals surface area contributed by atoms with Gasteiger partial charge in [0.25, 0.3) is 5.91 Å². The maximum atomic E-state index is 11.9. The smallest absolute Gasteiger partial charge is 0.303 e. The Hall–Kier alpha value is -1.07. The van der Waals surface area contributed by atoms with Gasteiger partial charge >= 0.3 is 5.97 Å². The maximum Gasteiger partial charge on any atom is 0.303 e. The van der Waals surface area contributed by atoms with Gasteiger partial charge in [0.2, 0.25) is 0 Å². The third-order valence-electron chi connectivity index (χ3n) is 2.61. The summed E-state index contributed by atoms with van der Waals surface area (Å²) in [6.45, 7) is 3.94. The molecule has 4 nitrogen and oxygen atoms in total. The van der Waals surface area contributed by atoms with E-state index >= 15 is 0 Å². The fourth-order valence-electron chi connectivity index (χ4n) is 1.60. The molecule has 0 saturated carbocycles. The van der Waals surface area contributed by atoms with Crippen LogP contribution in [-0.4, -0.2) is 23.5 Å². The van der Waals surface area contributed by atoms with Gasteiger partial charge in [-0.05, 0) is 46.5 Å². The minimum absolute atomic E-state index is 0.0282. The van der Waals surface area contributed by atoms with E-state index < -0.39 is 5.97 Å². The Balaban J connectivity index is 2.66. The number of carbonyl (C=O) groups is 2. The molecule has 0 aromatic heterocycles. The highest BCUT2D eigenvalue weighted by Crippen LogP contribution is 2.27. The van der Waals surface area contributed by atoms with Gasteiger partial charge in [-0.25, -0.2) is 0 Å². The summed E-state index contributed by atoms with van der Waals surface area (Å²) >= 11 is 9.31. The molecule has 19 heavy (non-hydrogen) atoms. The molecule has 1 amide bonds. The van der Waals surface area contributed by atoms with Crippen molar-refractivity contribution in [2.24, 2.45) is 5.92 Å². The lowest BCUT2D eigenvalue weighted by Gasteiger charge is -2.11. The molecule has 0 aliphatic heterocycles. The summed E-state index contributed by atoms with van der Waals surface area (Å²) in [7, 11) is 0. The number of halogens is 2. The SMILES string of the molecule is Cc1cc(C(=O)NCC(C)CC(=O)O)cc(Cl)c1Br. The van der Waals surface area contributed by atoms with E-state index in [-0.39, 0.29) is 18.2 Å². The number of carbonyl (C=O) groups excluding carboxylic acids is 1. The number of nitrogens with one attached hydrogen (secondary N) is 1. The molecule has 0 saturated heterocycles. The van der Waals surface area contributed by atoms with Crippen LogP contribution in [0.5, 0.6) is 0 Å². The number of benzene rings is 1. The van der Waals surface area contributed by atoms with Gasteiger partial charge in [0.1, 0.15) is 0 Å². The topological polar surface area (TPSA) is 66.4 Å². The van der Waals surface area contributed by atoms with Crippen molar-refractivity contribution in [2.75, 3.05) is 6.54 Å². The van der Waals surface area contributed by atoms with Gasteiger partial charge in [0.05, 0.1) is 5.02 Å². The summed E-state index contributed by atoms with van der Waals surface area (Å²) in [6.07, 6.45) is 0.0282. The molecule has 0 bridgehead atoms. The van der Waals surface area contributed by atoms with Gasteiger partial charge in [-0.15, -0.1) is 0 Å². The summed E-state index contributed by atoms with van der Waals surface area (Å²) in [6, 6.07) is 3.31. The lowest BCUT2D eigenvalue weighted by Crippen LogP contribution is -2.29. The summed E-state index contributed by atoms with van der Waals surface area (Å²) in [5.74, 6) is -1.24. The fourth-order valence-corrected chi connectivity index (χ4v) is 2.09. The molecule has 1 rings (SSSR count). The van der Waals surface area contributed by atoms with Gasteiger partial charge in [-0.3, -0.25) is 9.59 Å². The predicted octanol–water partition coefficient (Wildman–Crippen LogP) is 3.25. The molecule has 0 aliphatic carbocycles. The monoisotopic (exact) mass is 347 g/mol. The normalized spacial score (nSPS) is 12.0. The molecule has 0 aliphatic rings.